The summed E-state index contributed by atoms with van der Waals surface area (Å²) < 4.78 is 1.70. The number of hydrogen-bond donors (Lipinski definition) is 3. The van der Waals surface area contributed by atoms with Crippen molar-refractivity contribution in [2.75, 3.05) is 44.3 Å². The first-order valence-electron chi connectivity index (χ1n) is 8.59. The van der Waals surface area contributed by atoms with Gasteiger partial charge in [0.15, 0.2) is 0 Å². The van der Waals surface area contributed by atoms with Crippen LogP contribution in [0.2, 0.25) is 0 Å². The van der Waals surface area contributed by atoms with E-state index in [4.69, 9.17) is 0 Å². The van der Waals surface area contributed by atoms with Crippen LogP contribution in [0.3, 0.4) is 0 Å². The minimum atomic E-state index is -0.000613. The third-order valence-corrected chi connectivity index (χ3v) is 6.03. The van der Waals surface area contributed by atoms with Crippen molar-refractivity contribution < 1.29 is 15.1 Å². The number of nitrogens with zero attached hydrogens (tertiary/aromatic N) is 6. The van der Waals surface area contributed by atoms with Crippen LogP contribution in [0.1, 0.15) is 17.4 Å². The summed E-state index contributed by atoms with van der Waals surface area (Å²) in [6, 6.07) is 0. The predicted molar refractivity (Wildman–Crippen MR) is 94.1 cm³/mol. The average Bonchev–Trinajstić information content (AvgIpc) is 3.24. The Morgan fingerprint density at radius 1 is 1.28 bits per heavy atom. The topological polar surface area (TPSA) is 104 Å². The first kappa shape index (κ1) is 16.6. The van der Waals surface area contributed by atoms with Gasteiger partial charge in [0.2, 0.25) is 0 Å². The number of rotatable bonds is 6. The second kappa shape index (κ2) is 6.79. The normalized spacial score (nSPS) is 17.3. The summed E-state index contributed by atoms with van der Waals surface area (Å²) in [6.07, 6.45) is 0.993. The molecular formula is C15H22N7O2S+. The lowest BCUT2D eigenvalue weighted by molar-refractivity contribution is -0.913. The van der Waals surface area contributed by atoms with Crippen LogP contribution < -0.4 is 9.80 Å². The number of nitrogens with one attached hydrogen (secondary N) is 1. The van der Waals surface area contributed by atoms with Crippen molar-refractivity contribution in [1.29, 1.82) is 0 Å². The van der Waals surface area contributed by atoms with Crippen molar-refractivity contribution >= 4 is 33.1 Å². The second-order valence-corrected chi connectivity index (χ2v) is 7.31. The summed E-state index contributed by atoms with van der Waals surface area (Å²) >= 11 is 1.73. The van der Waals surface area contributed by atoms with Crippen LogP contribution in [0.4, 0.5) is 5.82 Å². The van der Waals surface area contributed by atoms with E-state index in [-0.39, 0.29) is 13.2 Å². The molecule has 0 bridgehead atoms. The van der Waals surface area contributed by atoms with Crippen molar-refractivity contribution in [3.05, 3.63) is 10.4 Å². The molecule has 134 valence electrons. The number of anilines is 1. The van der Waals surface area contributed by atoms with Gasteiger partial charge in [-0.1, -0.05) is 5.10 Å². The maximum Gasteiger partial charge on any atom is 0.276 e. The number of tetrazole rings is 1. The summed E-state index contributed by atoms with van der Waals surface area (Å²) in [6.45, 7) is 6.26. The number of aromatic nitrogens is 5. The Kier molecular flexibility index (Phi) is 4.50. The van der Waals surface area contributed by atoms with Gasteiger partial charge in [0.25, 0.3) is 5.78 Å². The highest BCUT2D eigenvalue weighted by Crippen LogP contribution is 2.37. The molecule has 1 aliphatic heterocycles. The van der Waals surface area contributed by atoms with Crippen molar-refractivity contribution in [1.82, 2.24) is 25.0 Å². The van der Waals surface area contributed by atoms with E-state index in [1.54, 1.807) is 20.8 Å². The SMILES string of the molecule is CC[NH+]1CCc2c(sc3c2c(N(CCO)CCO)nc2nnnn23)C1. The molecule has 0 amide bonds. The van der Waals surface area contributed by atoms with Gasteiger partial charge in [-0.3, -0.25) is 0 Å². The van der Waals surface area contributed by atoms with Crippen molar-refractivity contribution in [3.63, 3.8) is 0 Å². The van der Waals surface area contributed by atoms with Crippen molar-refractivity contribution in [2.24, 2.45) is 0 Å². The van der Waals surface area contributed by atoms with Gasteiger partial charge >= 0.3 is 0 Å². The van der Waals surface area contributed by atoms with E-state index in [9.17, 15) is 10.2 Å². The first-order chi connectivity index (χ1) is 12.3. The Hall–Kier alpha value is -1.88. The Morgan fingerprint density at radius 3 is 2.80 bits per heavy atom. The van der Waals surface area contributed by atoms with E-state index >= 15 is 0 Å². The molecule has 4 rings (SSSR count). The third kappa shape index (κ3) is 2.74. The van der Waals surface area contributed by atoms with Gasteiger partial charge in [0.1, 0.15) is 17.2 Å². The van der Waals surface area contributed by atoms with E-state index < -0.39 is 0 Å². The Morgan fingerprint density at radius 2 is 2.08 bits per heavy atom. The Bertz CT molecular complexity index is 887. The molecule has 3 aromatic rings. The van der Waals surface area contributed by atoms with Crippen molar-refractivity contribution in [3.8, 4) is 0 Å². The van der Waals surface area contributed by atoms with Gasteiger partial charge in [-0.25, -0.2) is 0 Å². The van der Waals surface area contributed by atoms with E-state index in [1.165, 1.54) is 10.4 Å². The maximum atomic E-state index is 9.43. The molecule has 3 aromatic heterocycles. The molecule has 0 aromatic carbocycles. The lowest BCUT2D eigenvalue weighted by Crippen LogP contribution is -3.11. The minimum Gasteiger partial charge on any atom is -0.395 e. The molecule has 9 nitrogen and oxygen atoms in total. The van der Waals surface area contributed by atoms with Crippen molar-refractivity contribution in [2.45, 2.75) is 19.9 Å². The van der Waals surface area contributed by atoms with Crippen LogP contribution >= 0.6 is 11.3 Å². The molecule has 10 heteroatoms. The highest BCUT2D eigenvalue weighted by atomic mass is 32.1. The largest absolute Gasteiger partial charge is 0.395 e. The molecule has 0 fully saturated rings. The summed E-state index contributed by atoms with van der Waals surface area (Å²) in [5.74, 6) is 1.21. The number of aliphatic hydroxyl groups excluding tert-OH is 2. The molecular weight excluding hydrogens is 342 g/mol. The maximum absolute atomic E-state index is 9.43. The number of likely N-dealkylation sites (N-methyl/N-ethyl adjacent to an activating group) is 1. The lowest BCUT2D eigenvalue weighted by atomic mass is 10.0. The monoisotopic (exact) mass is 364 g/mol. The molecule has 0 spiro atoms. The molecule has 4 heterocycles. The number of hydrogen-bond acceptors (Lipinski definition) is 8. The molecule has 0 aliphatic carbocycles. The zero-order valence-corrected chi connectivity index (χ0v) is 15.0. The average molecular weight is 364 g/mol. The molecule has 1 unspecified atom stereocenters. The van der Waals surface area contributed by atoms with Crippen LogP contribution in [0, 0.1) is 0 Å². The van der Waals surface area contributed by atoms with Crippen LogP contribution in [-0.4, -0.2) is 74.6 Å². The standard InChI is InChI=1S/C15H21N7O2S/c1-2-20-4-3-10-11(9-20)25-14-12(10)13(21(5-7-23)6-8-24)16-15-17-18-19-22(14)15/h23-24H,2-9H2,1H3/p+1. The van der Waals surface area contributed by atoms with Crippen LogP contribution in [0.15, 0.2) is 0 Å². The smallest absolute Gasteiger partial charge is 0.276 e. The number of aliphatic hydroxyl groups is 2. The number of thiophene rings is 1. The van der Waals surface area contributed by atoms with E-state index in [2.05, 4.69) is 27.4 Å². The molecule has 25 heavy (non-hydrogen) atoms. The van der Waals surface area contributed by atoms with Crippen LogP contribution in [0.5, 0.6) is 0 Å². The summed E-state index contributed by atoms with van der Waals surface area (Å²) in [5.41, 5.74) is 1.32. The Labute approximate surface area is 148 Å². The third-order valence-electron chi connectivity index (χ3n) is 4.83. The fourth-order valence-electron chi connectivity index (χ4n) is 3.53. The highest BCUT2D eigenvalue weighted by Gasteiger charge is 2.28. The van der Waals surface area contributed by atoms with Gasteiger partial charge in [-0.15, -0.1) is 11.3 Å². The molecule has 1 aliphatic rings. The first-order valence-corrected chi connectivity index (χ1v) is 9.41. The van der Waals surface area contributed by atoms with Gasteiger partial charge in [0, 0.05) is 19.5 Å². The van der Waals surface area contributed by atoms with Gasteiger partial charge < -0.3 is 20.0 Å². The summed E-state index contributed by atoms with van der Waals surface area (Å²) in [7, 11) is 0. The zero-order chi connectivity index (χ0) is 17.4. The van der Waals surface area contributed by atoms with Gasteiger partial charge in [0.05, 0.1) is 36.6 Å². The van der Waals surface area contributed by atoms with Gasteiger partial charge in [-0.2, -0.15) is 9.50 Å². The molecule has 3 N–H and O–H groups in total. The zero-order valence-electron chi connectivity index (χ0n) is 14.1. The summed E-state index contributed by atoms with van der Waals surface area (Å²) in [5, 5.41) is 31.8. The van der Waals surface area contributed by atoms with Crippen LogP contribution in [0.25, 0.3) is 16.0 Å². The van der Waals surface area contributed by atoms with Crippen LogP contribution in [-0.2, 0) is 13.0 Å². The van der Waals surface area contributed by atoms with Gasteiger partial charge in [-0.05, 0) is 22.9 Å². The second-order valence-electron chi connectivity index (χ2n) is 6.22. The number of fused-ring (bicyclic) bond motifs is 5. The molecule has 0 radical (unpaired) electrons. The lowest BCUT2D eigenvalue weighted by Gasteiger charge is -2.25. The fourth-order valence-corrected chi connectivity index (χ4v) is 4.89. The molecule has 0 saturated carbocycles. The van der Waals surface area contributed by atoms with E-state index in [0.29, 0.717) is 18.9 Å². The van der Waals surface area contributed by atoms with E-state index in [1.807, 2.05) is 4.90 Å². The minimum absolute atomic E-state index is 0.000613. The molecule has 0 saturated heterocycles. The number of quaternary nitrogens is 1. The van der Waals surface area contributed by atoms with E-state index in [0.717, 1.165) is 42.1 Å². The quantitative estimate of drug-likeness (QED) is 0.488. The predicted octanol–water partition coefficient (Wildman–Crippen LogP) is -1.51. The summed E-state index contributed by atoms with van der Waals surface area (Å²) in [4.78, 5) is 10.5. The highest BCUT2D eigenvalue weighted by molar-refractivity contribution is 7.19. The Balaban J connectivity index is 1.95. The fraction of sp³-hybridized carbons (Fsp3) is 0.600. The molecule has 1 atom stereocenters.